The van der Waals surface area contributed by atoms with Gasteiger partial charge in [0, 0.05) is 19.6 Å². The highest BCUT2D eigenvalue weighted by Crippen LogP contribution is 2.42. The zero-order valence-corrected chi connectivity index (χ0v) is 10.9. The summed E-state index contributed by atoms with van der Waals surface area (Å²) in [4.78, 5) is 6.86. The molecule has 2 heterocycles. The van der Waals surface area contributed by atoms with Gasteiger partial charge in [0.1, 0.15) is 0 Å². The summed E-state index contributed by atoms with van der Waals surface area (Å²) in [7, 11) is 0. The van der Waals surface area contributed by atoms with Crippen molar-refractivity contribution in [3.63, 3.8) is 0 Å². The van der Waals surface area contributed by atoms with E-state index in [1.165, 1.54) is 32.1 Å². The van der Waals surface area contributed by atoms with E-state index in [0.29, 0.717) is 6.54 Å². The van der Waals surface area contributed by atoms with Crippen molar-refractivity contribution in [2.45, 2.75) is 50.4 Å². The number of nitrogens with two attached hydrogens (primary N) is 1. The average molecular weight is 250 g/mol. The maximum absolute atomic E-state index is 5.87. The molecule has 1 saturated heterocycles. The van der Waals surface area contributed by atoms with E-state index in [-0.39, 0.29) is 5.41 Å². The average Bonchev–Trinajstić information content (AvgIpc) is 2.65. The number of hydrogen-bond donors (Lipinski definition) is 1. The maximum Gasteiger partial charge on any atom is 0.266 e. The molecule has 1 aliphatic carbocycles. The first-order valence-corrected chi connectivity index (χ1v) is 7.13. The van der Waals surface area contributed by atoms with E-state index >= 15 is 0 Å². The van der Waals surface area contributed by atoms with E-state index in [4.69, 9.17) is 10.3 Å². The lowest BCUT2D eigenvalue weighted by molar-refractivity contribution is 0.182. The number of aromatic nitrogens is 2. The SMILES string of the molecule is NCC1(c2nc(N3CCCCCC3)no2)CCC1. The van der Waals surface area contributed by atoms with Crippen LogP contribution >= 0.6 is 0 Å². The van der Waals surface area contributed by atoms with Gasteiger partial charge >= 0.3 is 0 Å². The zero-order valence-electron chi connectivity index (χ0n) is 10.9. The van der Waals surface area contributed by atoms with E-state index in [9.17, 15) is 0 Å². The van der Waals surface area contributed by atoms with Crippen LogP contribution < -0.4 is 10.6 Å². The lowest BCUT2D eigenvalue weighted by Crippen LogP contribution is -2.41. The van der Waals surface area contributed by atoms with E-state index in [0.717, 1.165) is 37.8 Å². The molecule has 0 unspecified atom stereocenters. The predicted molar refractivity (Wildman–Crippen MR) is 69.6 cm³/mol. The molecule has 5 nitrogen and oxygen atoms in total. The highest BCUT2D eigenvalue weighted by Gasteiger charge is 2.42. The van der Waals surface area contributed by atoms with Gasteiger partial charge in [-0.05, 0) is 30.8 Å². The first-order valence-electron chi connectivity index (χ1n) is 7.13. The monoisotopic (exact) mass is 250 g/mol. The molecular formula is C13H22N4O. The minimum Gasteiger partial charge on any atom is -0.338 e. The molecule has 0 bridgehead atoms. The predicted octanol–water partition coefficient (Wildman–Crippen LogP) is 1.83. The van der Waals surface area contributed by atoms with Crippen LogP contribution in [0.1, 0.15) is 50.8 Å². The van der Waals surface area contributed by atoms with Crippen LogP contribution in [0.15, 0.2) is 4.52 Å². The van der Waals surface area contributed by atoms with Gasteiger partial charge in [0.15, 0.2) is 0 Å². The van der Waals surface area contributed by atoms with Gasteiger partial charge in [0.05, 0.1) is 5.41 Å². The van der Waals surface area contributed by atoms with Gasteiger partial charge in [-0.15, -0.1) is 0 Å². The molecule has 1 saturated carbocycles. The Morgan fingerprint density at radius 3 is 2.39 bits per heavy atom. The van der Waals surface area contributed by atoms with Crippen LogP contribution in [0.2, 0.25) is 0 Å². The van der Waals surface area contributed by atoms with Crippen molar-refractivity contribution in [2.75, 3.05) is 24.5 Å². The van der Waals surface area contributed by atoms with Gasteiger partial charge in [-0.1, -0.05) is 19.3 Å². The molecule has 0 atom stereocenters. The zero-order chi connectivity index (χ0) is 12.4. The van der Waals surface area contributed by atoms with Gasteiger partial charge in [0.2, 0.25) is 5.89 Å². The highest BCUT2D eigenvalue weighted by atomic mass is 16.5. The first kappa shape index (κ1) is 12.0. The molecule has 100 valence electrons. The largest absolute Gasteiger partial charge is 0.338 e. The third-order valence-electron chi connectivity index (χ3n) is 4.46. The molecule has 1 aliphatic heterocycles. The van der Waals surface area contributed by atoms with Crippen molar-refractivity contribution in [3.8, 4) is 0 Å². The maximum atomic E-state index is 5.87. The van der Waals surface area contributed by atoms with Crippen molar-refractivity contribution in [2.24, 2.45) is 5.73 Å². The molecule has 0 aromatic carbocycles. The fourth-order valence-corrected chi connectivity index (χ4v) is 2.94. The molecule has 2 fully saturated rings. The number of nitrogens with zero attached hydrogens (tertiary/aromatic N) is 3. The quantitative estimate of drug-likeness (QED) is 0.886. The second kappa shape index (κ2) is 4.88. The lowest BCUT2D eigenvalue weighted by atomic mass is 9.69. The number of hydrogen-bond acceptors (Lipinski definition) is 5. The summed E-state index contributed by atoms with van der Waals surface area (Å²) >= 11 is 0. The summed E-state index contributed by atoms with van der Waals surface area (Å²) in [5.74, 6) is 1.53. The molecule has 18 heavy (non-hydrogen) atoms. The molecule has 5 heteroatoms. The summed E-state index contributed by atoms with van der Waals surface area (Å²) in [6.45, 7) is 2.72. The van der Waals surface area contributed by atoms with Gasteiger partial charge in [-0.25, -0.2) is 0 Å². The Balaban J connectivity index is 1.76. The standard InChI is InChI=1S/C13H22N4O/c14-10-13(6-5-7-13)11-15-12(16-18-11)17-8-3-1-2-4-9-17/h1-10,14H2. The number of anilines is 1. The summed E-state index contributed by atoms with van der Waals surface area (Å²) in [6, 6.07) is 0. The van der Waals surface area contributed by atoms with E-state index in [1.54, 1.807) is 0 Å². The second-order valence-electron chi connectivity index (χ2n) is 5.64. The normalized spacial score (nSPS) is 23.5. The van der Waals surface area contributed by atoms with Crippen molar-refractivity contribution in [1.29, 1.82) is 0 Å². The molecule has 2 aliphatic rings. The van der Waals surface area contributed by atoms with Gasteiger partial charge in [-0.3, -0.25) is 0 Å². The van der Waals surface area contributed by atoms with Gasteiger partial charge < -0.3 is 15.2 Å². The van der Waals surface area contributed by atoms with Crippen LogP contribution in [0.25, 0.3) is 0 Å². The molecule has 0 amide bonds. The fraction of sp³-hybridized carbons (Fsp3) is 0.846. The van der Waals surface area contributed by atoms with E-state index in [1.807, 2.05) is 0 Å². The molecular weight excluding hydrogens is 228 g/mol. The molecule has 1 aromatic rings. The van der Waals surface area contributed by atoms with Crippen LogP contribution in [0.4, 0.5) is 5.95 Å². The first-order chi connectivity index (χ1) is 8.84. The summed E-state index contributed by atoms with van der Waals surface area (Å²) in [6.07, 6.45) is 8.48. The Morgan fingerprint density at radius 1 is 1.11 bits per heavy atom. The van der Waals surface area contributed by atoms with Gasteiger partial charge in [0.25, 0.3) is 5.95 Å². The minimum atomic E-state index is -0.0168. The summed E-state index contributed by atoms with van der Waals surface area (Å²) in [5.41, 5.74) is 5.86. The third-order valence-corrected chi connectivity index (χ3v) is 4.46. The molecule has 1 aromatic heterocycles. The lowest BCUT2D eigenvalue weighted by Gasteiger charge is -2.36. The third kappa shape index (κ3) is 2.00. The number of rotatable bonds is 3. The van der Waals surface area contributed by atoms with Crippen LogP contribution in [-0.2, 0) is 5.41 Å². The van der Waals surface area contributed by atoms with Crippen molar-refractivity contribution < 1.29 is 4.52 Å². The second-order valence-corrected chi connectivity index (χ2v) is 5.64. The molecule has 2 N–H and O–H groups in total. The van der Waals surface area contributed by atoms with Crippen LogP contribution in [-0.4, -0.2) is 29.8 Å². The Kier molecular flexibility index (Phi) is 3.24. The van der Waals surface area contributed by atoms with E-state index < -0.39 is 0 Å². The van der Waals surface area contributed by atoms with Gasteiger partial charge in [-0.2, -0.15) is 4.98 Å². The Morgan fingerprint density at radius 2 is 1.83 bits per heavy atom. The van der Waals surface area contributed by atoms with Crippen molar-refractivity contribution >= 4 is 5.95 Å². The molecule has 0 radical (unpaired) electrons. The highest BCUT2D eigenvalue weighted by molar-refractivity contribution is 5.29. The smallest absolute Gasteiger partial charge is 0.266 e. The molecule has 0 spiro atoms. The van der Waals surface area contributed by atoms with Crippen molar-refractivity contribution in [1.82, 2.24) is 10.1 Å². The summed E-state index contributed by atoms with van der Waals surface area (Å²) < 4.78 is 5.47. The minimum absolute atomic E-state index is 0.0168. The van der Waals surface area contributed by atoms with Crippen molar-refractivity contribution in [3.05, 3.63) is 5.89 Å². The Labute approximate surface area is 108 Å². The topological polar surface area (TPSA) is 68.2 Å². The van der Waals surface area contributed by atoms with Crippen LogP contribution in [0.5, 0.6) is 0 Å². The van der Waals surface area contributed by atoms with Crippen LogP contribution in [0.3, 0.4) is 0 Å². The molecule has 3 rings (SSSR count). The summed E-state index contributed by atoms with van der Waals surface area (Å²) in [5, 5.41) is 4.16. The van der Waals surface area contributed by atoms with Crippen LogP contribution in [0, 0.1) is 0 Å². The van der Waals surface area contributed by atoms with E-state index in [2.05, 4.69) is 15.0 Å². The Bertz CT molecular complexity index is 386. The Hall–Kier alpha value is -1.10. The fourth-order valence-electron chi connectivity index (χ4n) is 2.94.